The number of aromatic amines is 1. The van der Waals surface area contributed by atoms with Gasteiger partial charge in [-0.2, -0.15) is 0 Å². The number of carbonyl (C=O) groups is 2. The summed E-state index contributed by atoms with van der Waals surface area (Å²) in [6.45, 7) is 7.64. The summed E-state index contributed by atoms with van der Waals surface area (Å²) in [6.07, 6.45) is 6.64. The Morgan fingerprint density at radius 2 is 1.81 bits per heavy atom. The van der Waals surface area contributed by atoms with Crippen LogP contribution in [0.15, 0.2) is 48.8 Å². The summed E-state index contributed by atoms with van der Waals surface area (Å²) in [5, 5.41) is 4.05. The number of hydrogen-bond donors (Lipinski definition) is 2. The number of piperazine rings is 1. The van der Waals surface area contributed by atoms with E-state index in [-0.39, 0.29) is 17.2 Å². The molecule has 4 heterocycles. The highest BCUT2D eigenvalue weighted by molar-refractivity contribution is 5.97. The number of H-pyrrole nitrogens is 1. The van der Waals surface area contributed by atoms with Crippen molar-refractivity contribution in [2.45, 2.75) is 25.8 Å². The number of pyridine rings is 1. The smallest absolute Gasteiger partial charge is 0.267 e. The zero-order chi connectivity index (χ0) is 25.4. The van der Waals surface area contributed by atoms with Crippen LogP contribution in [0.4, 0.5) is 0 Å². The van der Waals surface area contributed by atoms with E-state index in [1.54, 1.807) is 12.4 Å². The second-order valence-electron chi connectivity index (χ2n) is 11.2. The Morgan fingerprint density at radius 1 is 1.05 bits per heavy atom. The maximum absolute atomic E-state index is 13.1. The lowest BCUT2D eigenvalue weighted by Gasteiger charge is -2.33. The predicted molar refractivity (Wildman–Crippen MR) is 143 cm³/mol. The summed E-state index contributed by atoms with van der Waals surface area (Å²) < 4.78 is 0. The number of likely N-dealkylation sites (tertiary alicyclic amines) is 1. The molecule has 37 heavy (non-hydrogen) atoms. The second-order valence-corrected chi connectivity index (χ2v) is 11.2. The van der Waals surface area contributed by atoms with Gasteiger partial charge in [-0.3, -0.25) is 19.5 Å². The molecule has 8 nitrogen and oxygen atoms in total. The quantitative estimate of drug-likeness (QED) is 0.544. The molecule has 1 spiro atoms. The van der Waals surface area contributed by atoms with Gasteiger partial charge in [0.2, 0.25) is 0 Å². The molecule has 2 aromatic heterocycles. The molecule has 0 bridgehead atoms. The van der Waals surface area contributed by atoms with Gasteiger partial charge < -0.3 is 20.1 Å². The van der Waals surface area contributed by atoms with Crippen molar-refractivity contribution < 1.29 is 9.59 Å². The summed E-state index contributed by atoms with van der Waals surface area (Å²) in [6, 6.07) is 11.9. The van der Waals surface area contributed by atoms with E-state index in [2.05, 4.69) is 44.3 Å². The molecule has 2 saturated heterocycles. The Morgan fingerprint density at radius 3 is 2.54 bits per heavy atom. The van der Waals surface area contributed by atoms with Crippen LogP contribution in [0.1, 0.15) is 45.7 Å². The van der Waals surface area contributed by atoms with Crippen LogP contribution in [-0.4, -0.2) is 89.3 Å². The molecule has 194 valence electrons. The first-order valence-electron chi connectivity index (χ1n) is 13.5. The van der Waals surface area contributed by atoms with E-state index in [9.17, 15) is 9.59 Å². The van der Waals surface area contributed by atoms with E-state index < -0.39 is 0 Å². The van der Waals surface area contributed by atoms with Gasteiger partial charge in [-0.05, 0) is 67.5 Å². The summed E-state index contributed by atoms with van der Waals surface area (Å²) >= 11 is 0. The van der Waals surface area contributed by atoms with Crippen molar-refractivity contribution in [1.29, 1.82) is 0 Å². The van der Waals surface area contributed by atoms with Gasteiger partial charge in [-0.15, -0.1) is 0 Å². The van der Waals surface area contributed by atoms with Gasteiger partial charge in [-0.25, -0.2) is 0 Å². The van der Waals surface area contributed by atoms with E-state index in [4.69, 9.17) is 0 Å². The average Bonchev–Trinajstić information content (AvgIpc) is 3.39. The number of amides is 2. The van der Waals surface area contributed by atoms with Gasteiger partial charge in [0.05, 0.1) is 0 Å². The fraction of sp³-hybridized carbons (Fsp3) is 0.483. The van der Waals surface area contributed by atoms with Crippen LogP contribution in [0.2, 0.25) is 0 Å². The van der Waals surface area contributed by atoms with Crippen LogP contribution >= 0.6 is 0 Å². The number of rotatable bonds is 6. The number of carbonyl (C=O) groups excluding carboxylic acids is 2. The highest BCUT2D eigenvalue weighted by Gasteiger charge is 2.54. The molecule has 6 rings (SSSR count). The van der Waals surface area contributed by atoms with Gasteiger partial charge in [0.15, 0.2) is 0 Å². The molecule has 3 fully saturated rings. The lowest BCUT2D eigenvalue weighted by molar-refractivity contribution is 0.0668. The summed E-state index contributed by atoms with van der Waals surface area (Å²) in [4.78, 5) is 39.9. The maximum Gasteiger partial charge on any atom is 0.267 e. The first kappa shape index (κ1) is 24.1. The van der Waals surface area contributed by atoms with Crippen molar-refractivity contribution in [2.24, 2.45) is 11.3 Å². The van der Waals surface area contributed by atoms with Crippen molar-refractivity contribution in [1.82, 2.24) is 30.0 Å². The number of nitrogens with one attached hydrogen (secondary N) is 2. The average molecular weight is 501 g/mol. The molecule has 2 amide bonds. The number of hydrogen-bond acceptors (Lipinski definition) is 5. The van der Waals surface area contributed by atoms with E-state index >= 15 is 0 Å². The number of piperidine rings is 1. The molecule has 1 aliphatic carbocycles. The monoisotopic (exact) mass is 500 g/mol. The maximum atomic E-state index is 13.1. The lowest BCUT2D eigenvalue weighted by atomic mass is 9.90. The predicted octanol–water partition coefficient (Wildman–Crippen LogP) is 2.98. The number of fused-ring (bicyclic) bond motifs is 1. The minimum absolute atomic E-state index is 0.0677. The zero-order valence-corrected chi connectivity index (χ0v) is 21.6. The number of aromatic nitrogens is 2. The molecule has 1 unspecified atom stereocenters. The standard InChI is InChI=1S/C29H36N6O2/c1-33-12-14-34(15-13-33)20-21-2-4-22(5-3-21)28(37)35-10-7-29(8-11-35)17-24(29)19-31-27(36)26-16-23-18-30-9-6-25(23)32-26/h2-6,9,16,18,24,32H,7-8,10-15,17,19-20H2,1H3,(H,31,36). The normalized spacial score (nSPS) is 21.9. The molecule has 3 aromatic rings. The lowest BCUT2D eigenvalue weighted by Crippen LogP contribution is -2.43. The minimum atomic E-state index is -0.0677. The topological polar surface area (TPSA) is 84.6 Å². The fourth-order valence-corrected chi connectivity index (χ4v) is 6.09. The van der Waals surface area contributed by atoms with E-state index in [0.717, 1.165) is 81.5 Å². The molecule has 2 N–H and O–H groups in total. The molecule has 1 atom stereocenters. The Kier molecular flexibility index (Phi) is 6.46. The first-order chi connectivity index (χ1) is 18.0. The van der Waals surface area contributed by atoms with E-state index in [0.29, 0.717) is 18.2 Å². The third-order valence-corrected chi connectivity index (χ3v) is 8.78. The minimum Gasteiger partial charge on any atom is -0.350 e. The highest BCUT2D eigenvalue weighted by atomic mass is 16.2. The zero-order valence-electron chi connectivity index (χ0n) is 21.6. The van der Waals surface area contributed by atoms with Gasteiger partial charge in [-0.1, -0.05) is 12.1 Å². The van der Waals surface area contributed by atoms with Crippen LogP contribution in [0, 0.1) is 11.3 Å². The highest BCUT2D eigenvalue weighted by Crippen LogP contribution is 2.59. The Labute approximate surface area is 218 Å². The van der Waals surface area contributed by atoms with Crippen molar-refractivity contribution in [2.75, 3.05) is 52.9 Å². The van der Waals surface area contributed by atoms with Crippen LogP contribution in [0.5, 0.6) is 0 Å². The van der Waals surface area contributed by atoms with Gasteiger partial charge in [0.1, 0.15) is 5.69 Å². The van der Waals surface area contributed by atoms with Gasteiger partial charge >= 0.3 is 0 Å². The third-order valence-electron chi connectivity index (χ3n) is 8.78. The number of benzene rings is 1. The number of nitrogens with zero attached hydrogens (tertiary/aromatic N) is 4. The van der Waals surface area contributed by atoms with Crippen molar-refractivity contribution in [3.63, 3.8) is 0 Å². The van der Waals surface area contributed by atoms with Gasteiger partial charge in [0.25, 0.3) is 11.8 Å². The first-order valence-corrected chi connectivity index (χ1v) is 13.5. The van der Waals surface area contributed by atoms with Crippen molar-refractivity contribution in [3.8, 4) is 0 Å². The summed E-state index contributed by atoms with van der Waals surface area (Å²) in [5.41, 5.74) is 3.83. The molecular weight excluding hydrogens is 464 g/mol. The van der Waals surface area contributed by atoms with Crippen LogP contribution in [0.25, 0.3) is 10.9 Å². The Bertz CT molecular complexity index is 1240. The summed E-state index contributed by atoms with van der Waals surface area (Å²) in [5.74, 6) is 0.565. The molecule has 2 aliphatic heterocycles. The Hall–Kier alpha value is -3.23. The number of likely N-dealkylation sites (N-methyl/N-ethyl adjacent to an activating group) is 1. The molecular formula is C29H36N6O2. The molecule has 1 aromatic carbocycles. The van der Waals surface area contributed by atoms with E-state index in [1.165, 1.54) is 5.56 Å². The fourth-order valence-electron chi connectivity index (χ4n) is 6.09. The molecule has 0 radical (unpaired) electrons. The third kappa shape index (κ3) is 5.13. The molecule has 3 aliphatic rings. The van der Waals surface area contributed by atoms with Crippen LogP contribution in [0.3, 0.4) is 0 Å². The SMILES string of the molecule is CN1CCN(Cc2ccc(C(=O)N3CCC4(CC3)CC4CNC(=O)c3cc4cnccc4[nH]3)cc2)CC1. The second kappa shape index (κ2) is 9.91. The van der Waals surface area contributed by atoms with Crippen molar-refractivity contribution in [3.05, 3.63) is 65.6 Å². The van der Waals surface area contributed by atoms with Crippen LogP contribution < -0.4 is 5.32 Å². The Balaban J connectivity index is 0.965. The molecule has 8 heteroatoms. The van der Waals surface area contributed by atoms with Gasteiger partial charge in [0, 0.05) is 81.2 Å². The van der Waals surface area contributed by atoms with Crippen molar-refractivity contribution >= 4 is 22.7 Å². The summed E-state index contributed by atoms with van der Waals surface area (Å²) in [7, 11) is 2.17. The largest absolute Gasteiger partial charge is 0.350 e. The van der Waals surface area contributed by atoms with Crippen LogP contribution in [-0.2, 0) is 6.54 Å². The molecule has 1 saturated carbocycles. The van der Waals surface area contributed by atoms with E-state index in [1.807, 2.05) is 29.2 Å².